The van der Waals surface area contributed by atoms with Crippen LogP contribution in [0.1, 0.15) is 36.8 Å². The molecule has 1 saturated heterocycles. The van der Waals surface area contributed by atoms with Crippen LogP contribution < -0.4 is 4.90 Å². The molecule has 1 aromatic rings. The molecule has 1 aromatic carbocycles. The third-order valence-electron chi connectivity index (χ3n) is 3.84. The normalized spacial score (nSPS) is 18.4. The Labute approximate surface area is 120 Å². The molecule has 0 amide bonds. The van der Waals surface area contributed by atoms with Crippen molar-refractivity contribution < 1.29 is 9.53 Å². The van der Waals surface area contributed by atoms with E-state index in [1.165, 1.54) is 7.11 Å². The fourth-order valence-corrected chi connectivity index (χ4v) is 2.80. The van der Waals surface area contributed by atoms with Gasteiger partial charge in [-0.25, -0.2) is 0 Å². The summed E-state index contributed by atoms with van der Waals surface area (Å²) in [5, 5.41) is 9.32. The number of ether oxygens (including phenoxy) is 1. The maximum absolute atomic E-state index is 11.6. The molecule has 1 fully saturated rings. The first kappa shape index (κ1) is 14.4. The second-order valence-corrected chi connectivity index (χ2v) is 5.26. The highest BCUT2D eigenvalue weighted by molar-refractivity contribution is 5.71. The lowest BCUT2D eigenvalue weighted by molar-refractivity contribution is -0.141. The Kier molecular flexibility index (Phi) is 4.62. The van der Waals surface area contributed by atoms with Crippen LogP contribution in [0, 0.1) is 18.3 Å². The van der Waals surface area contributed by atoms with Gasteiger partial charge in [-0.2, -0.15) is 5.26 Å². The van der Waals surface area contributed by atoms with Crippen LogP contribution in [0.4, 0.5) is 5.69 Å². The van der Waals surface area contributed by atoms with E-state index >= 15 is 0 Å². The number of hydrogen-bond acceptors (Lipinski definition) is 4. The molecule has 106 valence electrons. The molecule has 4 nitrogen and oxygen atoms in total. The molecule has 2 rings (SSSR count). The number of anilines is 1. The van der Waals surface area contributed by atoms with Gasteiger partial charge in [0.2, 0.25) is 0 Å². The van der Waals surface area contributed by atoms with Gasteiger partial charge < -0.3 is 9.64 Å². The molecule has 0 bridgehead atoms. The Balaban J connectivity index is 2.28. The molecule has 4 heteroatoms. The SMILES string of the molecule is COC(=O)CC1CCCCN1c1ccc(C)cc1C#N. The van der Waals surface area contributed by atoms with Crippen LogP contribution in [0.3, 0.4) is 0 Å². The van der Waals surface area contributed by atoms with Crippen molar-refractivity contribution in [1.29, 1.82) is 5.26 Å². The number of methoxy groups -OCH3 is 1. The summed E-state index contributed by atoms with van der Waals surface area (Å²) in [4.78, 5) is 13.7. The Morgan fingerprint density at radius 1 is 1.50 bits per heavy atom. The minimum atomic E-state index is -0.187. The first-order valence-corrected chi connectivity index (χ1v) is 7.00. The van der Waals surface area contributed by atoms with Crippen LogP contribution >= 0.6 is 0 Å². The number of nitrogens with zero attached hydrogens (tertiary/aromatic N) is 2. The average molecular weight is 272 g/mol. The van der Waals surface area contributed by atoms with Gasteiger partial charge in [0.25, 0.3) is 0 Å². The van der Waals surface area contributed by atoms with Crippen molar-refractivity contribution in [2.75, 3.05) is 18.6 Å². The smallest absolute Gasteiger partial charge is 0.307 e. The van der Waals surface area contributed by atoms with E-state index in [-0.39, 0.29) is 12.0 Å². The summed E-state index contributed by atoms with van der Waals surface area (Å²) in [6.07, 6.45) is 3.56. The quantitative estimate of drug-likeness (QED) is 0.794. The maximum Gasteiger partial charge on any atom is 0.307 e. The molecule has 1 aliphatic heterocycles. The van der Waals surface area contributed by atoms with Crippen LogP contribution in [0.2, 0.25) is 0 Å². The molecular formula is C16H20N2O2. The maximum atomic E-state index is 11.6. The van der Waals surface area contributed by atoms with E-state index in [0.29, 0.717) is 12.0 Å². The molecule has 0 radical (unpaired) electrons. The number of benzene rings is 1. The van der Waals surface area contributed by atoms with E-state index in [4.69, 9.17) is 4.74 Å². The van der Waals surface area contributed by atoms with Crippen molar-refractivity contribution in [2.24, 2.45) is 0 Å². The lowest BCUT2D eigenvalue weighted by Gasteiger charge is -2.37. The monoisotopic (exact) mass is 272 g/mol. The summed E-state index contributed by atoms with van der Waals surface area (Å²) in [5.41, 5.74) is 2.69. The van der Waals surface area contributed by atoms with E-state index in [2.05, 4.69) is 11.0 Å². The summed E-state index contributed by atoms with van der Waals surface area (Å²) in [7, 11) is 1.42. The molecular weight excluding hydrogens is 252 g/mol. The van der Waals surface area contributed by atoms with Gasteiger partial charge in [0, 0.05) is 12.6 Å². The van der Waals surface area contributed by atoms with Crippen LogP contribution in [0.25, 0.3) is 0 Å². The van der Waals surface area contributed by atoms with Gasteiger partial charge in [0.1, 0.15) is 6.07 Å². The number of carbonyl (C=O) groups is 1. The summed E-state index contributed by atoms with van der Waals surface area (Å²) in [5.74, 6) is -0.187. The van der Waals surface area contributed by atoms with E-state index in [1.54, 1.807) is 0 Å². The van der Waals surface area contributed by atoms with Crippen molar-refractivity contribution in [3.63, 3.8) is 0 Å². The zero-order valence-corrected chi connectivity index (χ0v) is 12.1. The molecule has 0 saturated carbocycles. The van der Waals surface area contributed by atoms with Crippen LogP contribution in [0.15, 0.2) is 18.2 Å². The van der Waals surface area contributed by atoms with Gasteiger partial charge in [-0.3, -0.25) is 4.79 Å². The van der Waals surface area contributed by atoms with Crippen LogP contribution in [0.5, 0.6) is 0 Å². The van der Waals surface area contributed by atoms with Gasteiger partial charge in [-0.05, 0) is 43.9 Å². The summed E-state index contributed by atoms with van der Waals surface area (Å²) >= 11 is 0. The number of hydrogen-bond donors (Lipinski definition) is 0. The second kappa shape index (κ2) is 6.42. The highest BCUT2D eigenvalue weighted by Gasteiger charge is 2.26. The molecule has 20 heavy (non-hydrogen) atoms. The third kappa shape index (κ3) is 3.11. The predicted octanol–water partition coefficient (Wildman–Crippen LogP) is 2.79. The summed E-state index contributed by atoms with van der Waals surface area (Å²) < 4.78 is 4.78. The van der Waals surface area contributed by atoms with E-state index in [1.807, 2.05) is 25.1 Å². The molecule has 0 aromatic heterocycles. The standard InChI is InChI=1S/C16H20N2O2/c1-12-6-7-15(13(9-12)11-17)18-8-4-3-5-14(18)10-16(19)20-2/h6-7,9,14H,3-5,8,10H2,1-2H3. The van der Waals surface area contributed by atoms with Gasteiger partial charge in [-0.1, -0.05) is 6.07 Å². The molecule has 0 aliphatic carbocycles. The molecule has 1 atom stereocenters. The average Bonchev–Trinajstić information content (AvgIpc) is 2.47. The second-order valence-electron chi connectivity index (χ2n) is 5.26. The van der Waals surface area contributed by atoms with E-state index < -0.39 is 0 Å². The lowest BCUT2D eigenvalue weighted by atomic mass is 9.97. The molecule has 1 heterocycles. The number of carbonyl (C=O) groups excluding carboxylic acids is 1. The number of rotatable bonds is 3. The molecule has 1 unspecified atom stereocenters. The van der Waals surface area contributed by atoms with E-state index in [9.17, 15) is 10.1 Å². The van der Waals surface area contributed by atoms with Gasteiger partial charge in [-0.15, -0.1) is 0 Å². The van der Waals surface area contributed by atoms with Crippen LogP contribution in [-0.2, 0) is 9.53 Å². The number of piperidine rings is 1. The first-order valence-electron chi connectivity index (χ1n) is 7.00. The lowest BCUT2D eigenvalue weighted by Crippen LogP contribution is -2.41. The topological polar surface area (TPSA) is 53.3 Å². The van der Waals surface area contributed by atoms with Crippen molar-refractivity contribution >= 4 is 11.7 Å². The number of aryl methyl sites for hydroxylation is 1. The molecule has 0 spiro atoms. The van der Waals surface area contributed by atoms with Crippen molar-refractivity contribution in [2.45, 2.75) is 38.6 Å². The fourth-order valence-electron chi connectivity index (χ4n) is 2.80. The number of nitriles is 1. The van der Waals surface area contributed by atoms with Crippen molar-refractivity contribution in [1.82, 2.24) is 0 Å². The Bertz CT molecular complexity index is 534. The molecule has 0 N–H and O–H groups in total. The van der Waals surface area contributed by atoms with Crippen molar-refractivity contribution in [3.8, 4) is 6.07 Å². The highest BCUT2D eigenvalue weighted by Crippen LogP contribution is 2.29. The van der Waals surface area contributed by atoms with Gasteiger partial charge in [0.15, 0.2) is 0 Å². The van der Waals surface area contributed by atoms with Crippen LogP contribution in [-0.4, -0.2) is 25.7 Å². The predicted molar refractivity (Wildman–Crippen MR) is 77.5 cm³/mol. The Hall–Kier alpha value is -2.02. The minimum Gasteiger partial charge on any atom is -0.469 e. The summed E-state index contributed by atoms with van der Waals surface area (Å²) in [6, 6.07) is 8.30. The largest absolute Gasteiger partial charge is 0.469 e. The zero-order chi connectivity index (χ0) is 14.5. The van der Waals surface area contributed by atoms with Crippen molar-refractivity contribution in [3.05, 3.63) is 29.3 Å². The minimum absolute atomic E-state index is 0.131. The first-order chi connectivity index (χ1) is 9.65. The Morgan fingerprint density at radius 2 is 2.30 bits per heavy atom. The fraction of sp³-hybridized carbons (Fsp3) is 0.500. The van der Waals surface area contributed by atoms with Gasteiger partial charge >= 0.3 is 5.97 Å². The zero-order valence-electron chi connectivity index (χ0n) is 12.1. The van der Waals surface area contributed by atoms with E-state index in [0.717, 1.165) is 37.1 Å². The molecule has 1 aliphatic rings. The highest BCUT2D eigenvalue weighted by atomic mass is 16.5. The van der Waals surface area contributed by atoms with Gasteiger partial charge in [0.05, 0.1) is 24.8 Å². The Morgan fingerprint density at radius 3 is 3.00 bits per heavy atom. The third-order valence-corrected chi connectivity index (χ3v) is 3.84. The number of esters is 1. The summed E-state index contributed by atoms with van der Waals surface area (Å²) in [6.45, 7) is 2.87.